The molecule has 2 saturated heterocycles. The van der Waals surface area contributed by atoms with Gasteiger partial charge in [0, 0.05) is 32.3 Å². The predicted octanol–water partition coefficient (Wildman–Crippen LogP) is 2.53. The van der Waals surface area contributed by atoms with Gasteiger partial charge in [-0.05, 0) is 50.4 Å². The summed E-state index contributed by atoms with van der Waals surface area (Å²) in [6.45, 7) is 7.23. The summed E-state index contributed by atoms with van der Waals surface area (Å²) >= 11 is 0. The quantitative estimate of drug-likeness (QED) is 0.713. The summed E-state index contributed by atoms with van der Waals surface area (Å²) in [5.41, 5.74) is 0. The number of hydrogen-bond donors (Lipinski definition) is 0. The molecule has 3 rings (SSSR count). The maximum absolute atomic E-state index is 5.47. The summed E-state index contributed by atoms with van der Waals surface area (Å²) in [5, 5.41) is 0. The summed E-state index contributed by atoms with van der Waals surface area (Å²) < 4.78 is 5.47. The highest BCUT2D eigenvalue weighted by molar-refractivity contribution is 4.92. The largest absolute Gasteiger partial charge is 0.381 e. The van der Waals surface area contributed by atoms with Gasteiger partial charge in [-0.25, -0.2) is 0 Å². The number of fused-ring (bicyclic) bond motifs is 1. The van der Waals surface area contributed by atoms with Crippen LogP contribution in [0.25, 0.3) is 0 Å². The molecule has 3 aliphatic rings. The zero-order chi connectivity index (χ0) is 11.0. The van der Waals surface area contributed by atoms with Gasteiger partial charge in [0.2, 0.25) is 0 Å². The van der Waals surface area contributed by atoms with Crippen molar-refractivity contribution in [3.63, 3.8) is 0 Å². The maximum Gasteiger partial charge on any atom is 0.0469 e. The first-order valence-corrected chi connectivity index (χ1v) is 7.16. The number of rotatable bonds is 2. The number of hydrogen-bond acceptors (Lipinski definition) is 2. The van der Waals surface area contributed by atoms with Crippen LogP contribution in [0.4, 0.5) is 0 Å². The summed E-state index contributed by atoms with van der Waals surface area (Å²) in [4.78, 5) is 2.78. The van der Waals surface area contributed by atoms with Crippen LogP contribution in [0.15, 0.2) is 0 Å². The van der Waals surface area contributed by atoms with E-state index in [4.69, 9.17) is 4.74 Å². The molecule has 2 unspecified atom stereocenters. The van der Waals surface area contributed by atoms with Gasteiger partial charge in [-0.3, -0.25) is 4.90 Å². The Balaban J connectivity index is 1.56. The summed E-state index contributed by atoms with van der Waals surface area (Å²) in [5.74, 6) is 2.98. The molecular weight excluding hydrogens is 198 g/mol. The van der Waals surface area contributed by atoms with Crippen molar-refractivity contribution in [1.82, 2.24) is 4.90 Å². The van der Waals surface area contributed by atoms with Gasteiger partial charge in [0.25, 0.3) is 0 Å². The SMILES string of the molecule is C[C@H](C1CCOCC1)N1CC2CCCC2C1. The van der Waals surface area contributed by atoms with E-state index in [1.165, 1.54) is 45.2 Å². The van der Waals surface area contributed by atoms with Crippen molar-refractivity contribution in [3.8, 4) is 0 Å². The molecule has 0 aromatic heterocycles. The minimum absolute atomic E-state index is 0.800. The van der Waals surface area contributed by atoms with Crippen LogP contribution in [-0.2, 0) is 4.74 Å². The molecule has 16 heavy (non-hydrogen) atoms. The Kier molecular flexibility index (Phi) is 3.21. The Morgan fingerprint density at radius 1 is 1.00 bits per heavy atom. The van der Waals surface area contributed by atoms with Crippen molar-refractivity contribution >= 4 is 0 Å². The number of likely N-dealkylation sites (tertiary alicyclic amines) is 1. The molecule has 3 atom stereocenters. The Morgan fingerprint density at radius 2 is 1.62 bits per heavy atom. The van der Waals surface area contributed by atoms with Crippen molar-refractivity contribution < 1.29 is 4.74 Å². The molecule has 0 radical (unpaired) electrons. The highest BCUT2D eigenvalue weighted by atomic mass is 16.5. The molecule has 0 aromatic rings. The van der Waals surface area contributed by atoms with E-state index in [0.29, 0.717) is 0 Å². The minimum Gasteiger partial charge on any atom is -0.381 e. The van der Waals surface area contributed by atoms with Crippen molar-refractivity contribution in [1.29, 1.82) is 0 Å². The second kappa shape index (κ2) is 4.66. The standard InChI is InChI=1S/C14H25NO/c1-11(12-5-7-16-8-6-12)15-9-13-3-2-4-14(13)10-15/h11-14H,2-10H2,1H3/t11-,13?,14?/m1/s1. The second-order valence-electron chi connectivity index (χ2n) is 6.10. The van der Waals surface area contributed by atoms with Gasteiger partial charge in [-0.15, -0.1) is 0 Å². The normalized spacial score (nSPS) is 38.8. The van der Waals surface area contributed by atoms with E-state index >= 15 is 0 Å². The lowest BCUT2D eigenvalue weighted by Gasteiger charge is -2.34. The molecule has 0 amide bonds. The van der Waals surface area contributed by atoms with Gasteiger partial charge >= 0.3 is 0 Å². The fraction of sp³-hybridized carbons (Fsp3) is 1.00. The van der Waals surface area contributed by atoms with Gasteiger partial charge in [-0.2, -0.15) is 0 Å². The minimum atomic E-state index is 0.800. The van der Waals surface area contributed by atoms with E-state index < -0.39 is 0 Å². The Hall–Kier alpha value is -0.0800. The third-order valence-corrected chi connectivity index (χ3v) is 5.28. The Morgan fingerprint density at radius 3 is 2.25 bits per heavy atom. The van der Waals surface area contributed by atoms with Gasteiger partial charge in [0.15, 0.2) is 0 Å². The van der Waals surface area contributed by atoms with E-state index in [1.54, 1.807) is 0 Å². The number of ether oxygens (including phenoxy) is 1. The molecule has 0 bridgehead atoms. The first-order chi connectivity index (χ1) is 7.84. The molecule has 1 saturated carbocycles. The van der Waals surface area contributed by atoms with Crippen LogP contribution in [0, 0.1) is 17.8 Å². The van der Waals surface area contributed by atoms with Gasteiger partial charge in [0.05, 0.1) is 0 Å². The van der Waals surface area contributed by atoms with E-state index in [0.717, 1.165) is 37.0 Å². The molecule has 2 heterocycles. The van der Waals surface area contributed by atoms with Crippen LogP contribution in [0.5, 0.6) is 0 Å². The third-order valence-electron chi connectivity index (χ3n) is 5.28. The molecule has 2 heteroatoms. The fourth-order valence-corrected chi connectivity index (χ4v) is 4.10. The molecule has 92 valence electrons. The predicted molar refractivity (Wildman–Crippen MR) is 65.4 cm³/mol. The van der Waals surface area contributed by atoms with Crippen LogP contribution < -0.4 is 0 Å². The van der Waals surface area contributed by atoms with E-state index in [-0.39, 0.29) is 0 Å². The third kappa shape index (κ3) is 2.02. The molecule has 2 aliphatic heterocycles. The van der Waals surface area contributed by atoms with Crippen molar-refractivity contribution in [2.45, 2.75) is 45.1 Å². The monoisotopic (exact) mass is 223 g/mol. The average Bonchev–Trinajstić information content (AvgIpc) is 2.89. The van der Waals surface area contributed by atoms with E-state index in [2.05, 4.69) is 11.8 Å². The highest BCUT2D eigenvalue weighted by Gasteiger charge is 2.39. The zero-order valence-corrected chi connectivity index (χ0v) is 10.5. The average molecular weight is 223 g/mol. The van der Waals surface area contributed by atoms with Crippen LogP contribution in [0.3, 0.4) is 0 Å². The summed E-state index contributed by atoms with van der Waals surface area (Å²) in [6, 6.07) is 0.800. The van der Waals surface area contributed by atoms with Gasteiger partial charge in [-0.1, -0.05) is 6.42 Å². The first kappa shape index (κ1) is 11.0. The van der Waals surface area contributed by atoms with E-state index in [9.17, 15) is 0 Å². The number of nitrogens with zero attached hydrogens (tertiary/aromatic N) is 1. The maximum atomic E-state index is 5.47. The van der Waals surface area contributed by atoms with Crippen LogP contribution in [0.1, 0.15) is 39.0 Å². The fourth-order valence-electron chi connectivity index (χ4n) is 4.10. The van der Waals surface area contributed by atoms with Crippen LogP contribution in [0.2, 0.25) is 0 Å². The molecule has 1 aliphatic carbocycles. The first-order valence-electron chi connectivity index (χ1n) is 7.16. The Bertz CT molecular complexity index is 225. The van der Waals surface area contributed by atoms with Crippen molar-refractivity contribution in [3.05, 3.63) is 0 Å². The molecule has 2 nitrogen and oxygen atoms in total. The highest BCUT2D eigenvalue weighted by Crippen LogP contribution is 2.39. The van der Waals surface area contributed by atoms with Crippen LogP contribution in [-0.4, -0.2) is 37.2 Å². The second-order valence-corrected chi connectivity index (χ2v) is 6.10. The lowest BCUT2D eigenvalue weighted by Crippen LogP contribution is -2.39. The zero-order valence-electron chi connectivity index (χ0n) is 10.5. The smallest absolute Gasteiger partial charge is 0.0469 e. The van der Waals surface area contributed by atoms with Crippen LogP contribution >= 0.6 is 0 Å². The lowest BCUT2D eigenvalue weighted by molar-refractivity contribution is 0.0339. The van der Waals surface area contributed by atoms with Gasteiger partial charge in [0.1, 0.15) is 0 Å². The van der Waals surface area contributed by atoms with Crippen molar-refractivity contribution in [2.24, 2.45) is 17.8 Å². The summed E-state index contributed by atoms with van der Waals surface area (Å²) in [6.07, 6.45) is 7.07. The topological polar surface area (TPSA) is 12.5 Å². The summed E-state index contributed by atoms with van der Waals surface area (Å²) in [7, 11) is 0. The molecule has 0 aromatic carbocycles. The molecule has 3 fully saturated rings. The molecule has 0 N–H and O–H groups in total. The molecule has 0 spiro atoms. The molecular formula is C14H25NO. The van der Waals surface area contributed by atoms with Gasteiger partial charge < -0.3 is 4.74 Å². The Labute approximate surface area is 99.3 Å². The van der Waals surface area contributed by atoms with Crippen molar-refractivity contribution in [2.75, 3.05) is 26.3 Å². The van der Waals surface area contributed by atoms with E-state index in [1.807, 2.05) is 0 Å². The lowest BCUT2D eigenvalue weighted by atomic mass is 9.92.